The average molecular weight is 583 g/mol. The van der Waals surface area contributed by atoms with Crippen molar-refractivity contribution in [2.24, 2.45) is 0 Å². The van der Waals surface area contributed by atoms with Gasteiger partial charge in [-0.25, -0.2) is 4.79 Å². The molecule has 3 heterocycles. The van der Waals surface area contributed by atoms with Gasteiger partial charge in [0.25, 0.3) is 0 Å². The summed E-state index contributed by atoms with van der Waals surface area (Å²) < 4.78 is 4.94. The van der Waals surface area contributed by atoms with Crippen LogP contribution in [-0.2, 0) is 14.9 Å². The monoisotopic (exact) mass is 582 g/mol. The van der Waals surface area contributed by atoms with Crippen LogP contribution >= 0.6 is 23.6 Å². The predicted octanol–water partition coefficient (Wildman–Crippen LogP) is 6.92. The fourth-order valence-corrected chi connectivity index (χ4v) is 7.15. The molecule has 1 aliphatic heterocycles. The van der Waals surface area contributed by atoms with Crippen LogP contribution in [0.1, 0.15) is 81.4 Å². The van der Waals surface area contributed by atoms with Crippen molar-refractivity contribution < 1.29 is 14.3 Å². The van der Waals surface area contributed by atoms with E-state index in [9.17, 15) is 9.59 Å². The molecule has 0 aliphatic carbocycles. The Morgan fingerprint density at radius 1 is 1.20 bits per heavy atom. The fourth-order valence-electron chi connectivity index (χ4n) is 5.81. The predicted molar refractivity (Wildman–Crippen MR) is 168 cm³/mol. The van der Waals surface area contributed by atoms with E-state index >= 15 is 0 Å². The molecule has 1 aliphatic rings. The van der Waals surface area contributed by atoms with Gasteiger partial charge in [0, 0.05) is 35.3 Å². The maximum atomic E-state index is 13.8. The number of nitrogens with one attached hydrogen (secondary N) is 3. The van der Waals surface area contributed by atoms with E-state index in [-0.39, 0.29) is 23.5 Å². The number of benzene rings is 1. The van der Waals surface area contributed by atoms with Crippen LogP contribution in [0, 0.1) is 13.8 Å². The van der Waals surface area contributed by atoms with E-state index in [1.165, 1.54) is 16.7 Å². The second-order valence-electron chi connectivity index (χ2n) is 11.4. The molecule has 1 unspecified atom stereocenters. The molecule has 1 fully saturated rings. The molecule has 9 heteroatoms. The molecule has 0 bridgehead atoms. The molecule has 2 atom stereocenters. The lowest BCUT2D eigenvalue weighted by Crippen LogP contribution is -2.45. The first-order chi connectivity index (χ1) is 19.0. The van der Waals surface area contributed by atoms with Crippen molar-refractivity contribution in [3.63, 3.8) is 0 Å². The lowest BCUT2D eigenvalue weighted by molar-refractivity contribution is -0.137. The van der Waals surface area contributed by atoms with E-state index in [0.29, 0.717) is 12.6 Å². The van der Waals surface area contributed by atoms with Crippen LogP contribution in [0.15, 0.2) is 24.3 Å². The Morgan fingerprint density at radius 3 is 2.55 bits per heavy atom. The van der Waals surface area contributed by atoms with Gasteiger partial charge in [0.2, 0.25) is 5.91 Å². The highest BCUT2D eigenvalue weighted by atomic mass is 32.1. The van der Waals surface area contributed by atoms with Crippen LogP contribution < -0.4 is 10.6 Å². The third-order valence-corrected chi connectivity index (χ3v) is 9.47. The maximum absolute atomic E-state index is 13.8. The summed E-state index contributed by atoms with van der Waals surface area (Å²) in [6, 6.07) is 9.12. The van der Waals surface area contributed by atoms with Gasteiger partial charge in [-0.2, -0.15) is 0 Å². The Morgan fingerprint density at radius 2 is 1.90 bits per heavy atom. The molecule has 1 saturated heterocycles. The van der Waals surface area contributed by atoms with E-state index in [1.54, 1.807) is 18.3 Å². The number of hydrogen-bond donors (Lipinski definition) is 3. The van der Waals surface area contributed by atoms with Crippen molar-refractivity contribution in [1.82, 2.24) is 20.5 Å². The number of aromatic nitrogens is 1. The largest absolute Gasteiger partial charge is 0.450 e. The number of thiophene rings is 1. The Hall–Kier alpha value is -2.91. The van der Waals surface area contributed by atoms with Crippen molar-refractivity contribution in [2.75, 3.05) is 19.7 Å². The van der Waals surface area contributed by atoms with Crippen molar-refractivity contribution in [1.29, 1.82) is 0 Å². The summed E-state index contributed by atoms with van der Waals surface area (Å²) in [7, 11) is 0. The number of hydrogen-bond acceptors (Lipinski definition) is 5. The number of ether oxygens (including phenoxy) is 1. The number of fused-ring (bicyclic) bond motifs is 1. The number of carbonyl (C=O) groups is 2. The number of H-pyrrole nitrogens is 1. The smallest absolute Gasteiger partial charge is 0.413 e. The van der Waals surface area contributed by atoms with Gasteiger partial charge in [0.05, 0.1) is 17.7 Å². The van der Waals surface area contributed by atoms with Gasteiger partial charge in [0.1, 0.15) is 4.83 Å². The first kappa shape index (κ1) is 30.1. The lowest BCUT2D eigenvalue weighted by Gasteiger charge is -2.32. The molecule has 3 aromatic rings. The average Bonchev–Trinajstić information content (AvgIpc) is 3.60. The number of carbonyl (C=O) groups excluding carboxylic acids is 2. The normalized spacial score (nSPS) is 16.3. The zero-order valence-corrected chi connectivity index (χ0v) is 26.3. The molecule has 2 amide bonds. The molecule has 3 N–H and O–H groups in total. The molecule has 0 radical (unpaired) electrons. The molecule has 0 saturated carbocycles. The minimum Gasteiger partial charge on any atom is -0.450 e. The second kappa shape index (κ2) is 12.3. The van der Waals surface area contributed by atoms with Crippen LogP contribution in [0.25, 0.3) is 21.5 Å². The molecule has 7 nitrogen and oxygen atoms in total. The van der Waals surface area contributed by atoms with Crippen LogP contribution in [-0.4, -0.2) is 52.7 Å². The zero-order valence-electron chi connectivity index (χ0n) is 24.7. The first-order valence-corrected chi connectivity index (χ1v) is 15.5. The Balaban J connectivity index is 1.70. The first-order valence-electron chi connectivity index (χ1n) is 14.2. The lowest BCUT2D eigenvalue weighted by atomic mass is 9.88. The molecule has 216 valence electrons. The number of rotatable bonds is 8. The molecule has 4 rings (SSSR count). The Labute approximate surface area is 247 Å². The standard InChI is InChI=1S/C31H42N4O3S2/c1-8-22-11-10-12-35(22)28(36)31(6,7)24-16-23-25(20(5)17-32-29(39)34-30(37)38-9-2)26(33-27(23)40-24)21-14-18(3)13-19(4)15-21/h13-16,20,22,33H,8-12,17H2,1-7H3,(H2,32,34,37,39)/t20-,22?/m1/s1. The van der Waals surface area contributed by atoms with E-state index in [2.05, 4.69) is 86.3 Å². The van der Waals surface area contributed by atoms with Crippen molar-refractivity contribution >= 4 is 50.9 Å². The third-order valence-electron chi connectivity index (χ3n) is 7.85. The quantitative estimate of drug-likeness (QED) is 0.251. The third kappa shape index (κ3) is 6.20. The van der Waals surface area contributed by atoms with Gasteiger partial charge in [0.15, 0.2) is 5.11 Å². The summed E-state index contributed by atoms with van der Waals surface area (Å²) in [5.41, 5.74) is 5.17. The van der Waals surface area contributed by atoms with Gasteiger partial charge in [-0.05, 0) is 95.4 Å². The van der Waals surface area contributed by atoms with E-state index < -0.39 is 11.5 Å². The Kier molecular flexibility index (Phi) is 9.25. The van der Waals surface area contributed by atoms with Gasteiger partial charge in [-0.15, -0.1) is 11.3 Å². The Bertz CT molecular complexity index is 1390. The summed E-state index contributed by atoms with van der Waals surface area (Å²) in [5, 5.41) is 7.10. The molecule has 0 spiro atoms. The maximum Gasteiger partial charge on any atom is 0.413 e. The minimum absolute atomic E-state index is 0.0517. The summed E-state index contributed by atoms with van der Waals surface area (Å²) in [5.74, 6) is 0.262. The number of nitrogens with zero attached hydrogens (tertiary/aromatic N) is 1. The zero-order chi connectivity index (χ0) is 29.2. The highest BCUT2D eigenvalue weighted by molar-refractivity contribution is 7.80. The fraction of sp³-hybridized carbons (Fsp3) is 0.516. The molecular weight excluding hydrogens is 541 g/mol. The second-order valence-corrected chi connectivity index (χ2v) is 12.9. The number of aryl methyl sites for hydroxylation is 2. The van der Waals surface area contributed by atoms with E-state index in [1.807, 2.05) is 0 Å². The molecular formula is C31H42N4O3S2. The minimum atomic E-state index is -0.619. The number of amides is 2. The van der Waals surface area contributed by atoms with E-state index in [0.717, 1.165) is 52.2 Å². The summed E-state index contributed by atoms with van der Waals surface area (Å²) in [6.07, 6.45) is 2.59. The van der Waals surface area contributed by atoms with Crippen LogP contribution in [0.4, 0.5) is 4.79 Å². The van der Waals surface area contributed by atoms with Crippen molar-refractivity contribution in [2.45, 2.75) is 85.1 Å². The van der Waals surface area contributed by atoms with Crippen LogP contribution in [0.5, 0.6) is 0 Å². The molecule has 40 heavy (non-hydrogen) atoms. The van der Waals surface area contributed by atoms with Crippen LogP contribution in [0.3, 0.4) is 0 Å². The highest BCUT2D eigenvalue weighted by Crippen LogP contribution is 2.43. The summed E-state index contributed by atoms with van der Waals surface area (Å²) in [6.45, 7) is 16.0. The van der Waals surface area contributed by atoms with Crippen molar-refractivity contribution in [3.05, 3.63) is 45.8 Å². The van der Waals surface area contributed by atoms with Gasteiger partial charge >= 0.3 is 6.09 Å². The number of alkyl carbamates (subject to hydrolysis) is 1. The van der Waals surface area contributed by atoms with Crippen LogP contribution in [0.2, 0.25) is 0 Å². The van der Waals surface area contributed by atoms with Gasteiger partial charge < -0.3 is 19.9 Å². The summed E-state index contributed by atoms with van der Waals surface area (Å²) in [4.78, 5) is 33.5. The topological polar surface area (TPSA) is 86.5 Å². The molecule has 1 aromatic carbocycles. The van der Waals surface area contributed by atoms with Crippen molar-refractivity contribution in [3.8, 4) is 11.3 Å². The highest BCUT2D eigenvalue weighted by Gasteiger charge is 2.40. The number of aromatic amines is 1. The van der Waals surface area contributed by atoms with Gasteiger partial charge in [-0.1, -0.05) is 31.0 Å². The van der Waals surface area contributed by atoms with Gasteiger partial charge in [-0.3, -0.25) is 10.1 Å². The molecule has 2 aromatic heterocycles. The summed E-state index contributed by atoms with van der Waals surface area (Å²) >= 11 is 7.00. The number of thiocarbonyl (C=S) groups is 1. The number of likely N-dealkylation sites (tertiary alicyclic amines) is 1. The SMILES string of the molecule is CCOC(=O)NC(=S)NC[C@@H](C)c1c(-c2cc(C)cc(C)c2)[nH]c2sc(C(C)(C)C(=O)N3CCCC3CC)cc12. The van der Waals surface area contributed by atoms with E-state index in [4.69, 9.17) is 17.0 Å².